The Balaban J connectivity index is 2.96. The quantitative estimate of drug-likeness (QED) is 0.588. The Morgan fingerprint density at radius 3 is 3.00 bits per heavy atom. The van der Waals surface area contributed by atoms with Gasteiger partial charge in [0.2, 0.25) is 5.71 Å². The highest BCUT2D eigenvalue weighted by atomic mass is 16.3. The van der Waals surface area contributed by atoms with E-state index in [4.69, 9.17) is 4.42 Å². The third-order valence-corrected chi connectivity index (χ3v) is 1.66. The Bertz CT molecular complexity index is 473. The zero-order valence-electron chi connectivity index (χ0n) is 6.57. The summed E-state index contributed by atoms with van der Waals surface area (Å²) in [5.74, 6) is 0. The highest BCUT2D eigenvalue weighted by molar-refractivity contribution is 5.71. The molecular weight excluding hydrogens is 154 g/mol. The standard InChI is InChI=1S/C9H7NO2/c1-6-2-3-7-8(11)4-5-12-9(7)10-6/h2-5H,1H3. The summed E-state index contributed by atoms with van der Waals surface area (Å²) in [7, 11) is 0. The Morgan fingerprint density at radius 2 is 2.17 bits per heavy atom. The van der Waals surface area contributed by atoms with Gasteiger partial charge in [-0.25, -0.2) is 4.98 Å². The topological polar surface area (TPSA) is 43.1 Å². The fourth-order valence-corrected chi connectivity index (χ4v) is 1.06. The maximum atomic E-state index is 11.2. The van der Waals surface area contributed by atoms with Crippen molar-refractivity contribution in [2.24, 2.45) is 0 Å². The summed E-state index contributed by atoms with van der Waals surface area (Å²) in [6.07, 6.45) is 1.36. The summed E-state index contributed by atoms with van der Waals surface area (Å²) in [5.41, 5.74) is 1.20. The molecule has 0 N–H and O–H groups in total. The van der Waals surface area contributed by atoms with Gasteiger partial charge in [-0.2, -0.15) is 0 Å². The van der Waals surface area contributed by atoms with Crippen LogP contribution < -0.4 is 5.43 Å². The molecule has 0 aromatic carbocycles. The second-order valence-electron chi connectivity index (χ2n) is 2.59. The van der Waals surface area contributed by atoms with Crippen LogP contribution in [0.4, 0.5) is 0 Å². The van der Waals surface area contributed by atoms with E-state index in [2.05, 4.69) is 4.98 Å². The van der Waals surface area contributed by atoms with Gasteiger partial charge in [-0.05, 0) is 19.1 Å². The predicted molar refractivity (Wildman–Crippen MR) is 45.0 cm³/mol. The smallest absolute Gasteiger partial charge is 0.229 e. The van der Waals surface area contributed by atoms with Crippen LogP contribution in [0.1, 0.15) is 5.69 Å². The van der Waals surface area contributed by atoms with E-state index in [0.717, 1.165) is 5.69 Å². The molecule has 0 aliphatic rings. The van der Waals surface area contributed by atoms with E-state index in [1.165, 1.54) is 12.3 Å². The van der Waals surface area contributed by atoms with Gasteiger partial charge in [0.05, 0.1) is 11.6 Å². The zero-order valence-corrected chi connectivity index (χ0v) is 6.57. The summed E-state index contributed by atoms with van der Waals surface area (Å²) in [4.78, 5) is 15.3. The fraction of sp³-hybridized carbons (Fsp3) is 0.111. The molecule has 0 saturated carbocycles. The van der Waals surface area contributed by atoms with Crippen molar-refractivity contribution in [1.29, 1.82) is 0 Å². The minimum Gasteiger partial charge on any atom is -0.446 e. The number of aromatic nitrogens is 1. The number of fused-ring (bicyclic) bond motifs is 1. The van der Waals surface area contributed by atoms with Gasteiger partial charge in [-0.15, -0.1) is 0 Å². The Labute approximate surface area is 68.7 Å². The van der Waals surface area contributed by atoms with E-state index in [9.17, 15) is 4.79 Å². The van der Waals surface area contributed by atoms with Gasteiger partial charge < -0.3 is 4.42 Å². The number of hydrogen-bond donors (Lipinski definition) is 0. The summed E-state index contributed by atoms with van der Waals surface area (Å²) in [5, 5.41) is 0.531. The molecule has 0 atom stereocenters. The largest absolute Gasteiger partial charge is 0.446 e. The summed E-state index contributed by atoms with van der Waals surface area (Å²) in [6.45, 7) is 1.85. The number of aryl methyl sites for hydroxylation is 1. The van der Waals surface area contributed by atoms with Crippen molar-refractivity contribution in [1.82, 2.24) is 4.98 Å². The Hall–Kier alpha value is -1.64. The van der Waals surface area contributed by atoms with Gasteiger partial charge in [-0.3, -0.25) is 4.79 Å². The molecule has 0 aliphatic heterocycles. The monoisotopic (exact) mass is 161 g/mol. The first-order valence-electron chi connectivity index (χ1n) is 3.62. The number of hydrogen-bond acceptors (Lipinski definition) is 3. The average Bonchev–Trinajstić information content (AvgIpc) is 2.04. The van der Waals surface area contributed by atoms with E-state index in [1.54, 1.807) is 12.1 Å². The first kappa shape index (κ1) is 7.03. The van der Waals surface area contributed by atoms with Crippen molar-refractivity contribution >= 4 is 11.1 Å². The Morgan fingerprint density at radius 1 is 1.33 bits per heavy atom. The van der Waals surface area contributed by atoms with Gasteiger partial charge in [0.25, 0.3) is 0 Å². The van der Waals surface area contributed by atoms with Crippen LogP contribution in [0.3, 0.4) is 0 Å². The lowest BCUT2D eigenvalue weighted by Gasteiger charge is -1.94. The van der Waals surface area contributed by atoms with E-state index in [-0.39, 0.29) is 5.43 Å². The molecule has 0 unspecified atom stereocenters. The molecule has 2 rings (SSSR count). The van der Waals surface area contributed by atoms with Crippen molar-refractivity contribution in [3.63, 3.8) is 0 Å². The van der Waals surface area contributed by atoms with E-state index >= 15 is 0 Å². The molecule has 0 aliphatic carbocycles. The number of pyridine rings is 1. The van der Waals surface area contributed by atoms with Crippen molar-refractivity contribution in [2.75, 3.05) is 0 Å². The number of nitrogens with zero attached hydrogens (tertiary/aromatic N) is 1. The molecule has 2 heterocycles. The van der Waals surface area contributed by atoms with Gasteiger partial charge in [0.1, 0.15) is 0 Å². The molecule has 0 saturated heterocycles. The molecule has 12 heavy (non-hydrogen) atoms. The van der Waals surface area contributed by atoms with Crippen molar-refractivity contribution < 1.29 is 4.42 Å². The van der Waals surface area contributed by atoms with Gasteiger partial charge in [0.15, 0.2) is 5.43 Å². The van der Waals surface area contributed by atoms with E-state index < -0.39 is 0 Å². The van der Waals surface area contributed by atoms with E-state index in [1.807, 2.05) is 6.92 Å². The third kappa shape index (κ3) is 0.993. The van der Waals surface area contributed by atoms with E-state index in [0.29, 0.717) is 11.1 Å². The molecular formula is C9H7NO2. The first-order valence-corrected chi connectivity index (χ1v) is 3.62. The third-order valence-electron chi connectivity index (χ3n) is 1.66. The second-order valence-corrected chi connectivity index (χ2v) is 2.59. The minimum absolute atomic E-state index is 0.0521. The highest BCUT2D eigenvalue weighted by Crippen LogP contribution is 2.06. The molecule has 0 amide bonds. The molecule has 60 valence electrons. The summed E-state index contributed by atoms with van der Waals surface area (Å²) in [6, 6.07) is 4.90. The maximum Gasteiger partial charge on any atom is 0.229 e. The van der Waals surface area contributed by atoms with Gasteiger partial charge in [0, 0.05) is 11.8 Å². The first-order chi connectivity index (χ1) is 5.77. The van der Waals surface area contributed by atoms with Crippen LogP contribution in [0.5, 0.6) is 0 Å². The average molecular weight is 161 g/mol. The lowest BCUT2D eigenvalue weighted by atomic mass is 10.3. The molecule has 0 fully saturated rings. The highest BCUT2D eigenvalue weighted by Gasteiger charge is 1.99. The summed E-state index contributed by atoms with van der Waals surface area (Å²) >= 11 is 0. The van der Waals surface area contributed by atoms with Crippen molar-refractivity contribution in [2.45, 2.75) is 6.92 Å². The van der Waals surface area contributed by atoms with Crippen LogP contribution in [-0.4, -0.2) is 4.98 Å². The lowest BCUT2D eigenvalue weighted by molar-refractivity contribution is 0.588. The molecule has 2 aromatic rings. The van der Waals surface area contributed by atoms with Crippen molar-refractivity contribution in [3.8, 4) is 0 Å². The number of rotatable bonds is 0. The fourth-order valence-electron chi connectivity index (χ4n) is 1.06. The SMILES string of the molecule is Cc1ccc2c(=O)ccoc2n1. The van der Waals surface area contributed by atoms with Crippen LogP contribution in [-0.2, 0) is 0 Å². The van der Waals surface area contributed by atoms with Gasteiger partial charge >= 0.3 is 0 Å². The van der Waals surface area contributed by atoms with Crippen LogP contribution >= 0.6 is 0 Å². The normalized spacial score (nSPS) is 10.4. The van der Waals surface area contributed by atoms with Crippen LogP contribution in [0, 0.1) is 6.92 Å². The zero-order chi connectivity index (χ0) is 8.55. The van der Waals surface area contributed by atoms with Gasteiger partial charge in [-0.1, -0.05) is 0 Å². The van der Waals surface area contributed by atoms with Crippen LogP contribution in [0.15, 0.2) is 33.7 Å². The van der Waals surface area contributed by atoms with Crippen LogP contribution in [0.2, 0.25) is 0 Å². The molecule has 3 heteroatoms. The maximum absolute atomic E-state index is 11.2. The molecule has 0 spiro atoms. The Kier molecular flexibility index (Phi) is 1.43. The van der Waals surface area contributed by atoms with Crippen LogP contribution in [0.25, 0.3) is 11.1 Å². The predicted octanol–water partition coefficient (Wildman–Crippen LogP) is 1.50. The molecule has 0 radical (unpaired) electrons. The molecule has 0 bridgehead atoms. The lowest BCUT2D eigenvalue weighted by Crippen LogP contribution is -1.99. The van der Waals surface area contributed by atoms with Crippen molar-refractivity contribution in [3.05, 3.63) is 40.4 Å². The second kappa shape index (κ2) is 2.44. The summed E-state index contributed by atoms with van der Waals surface area (Å²) < 4.78 is 5.06. The molecule has 3 nitrogen and oxygen atoms in total. The molecule has 2 aromatic heterocycles. The minimum atomic E-state index is -0.0521.